The summed E-state index contributed by atoms with van der Waals surface area (Å²) in [7, 11) is -4.53. The van der Waals surface area contributed by atoms with Crippen LogP contribution in [0.5, 0.6) is 0 Å². The molecular weight excluding hydrogens is 831 g/mol. The SMILES string of the molecule is CCC(=O)N(C(=O)CC)c1c(-c2ccccc2)cccc1S(=O)(=O)N[C@@H](CCCc1ncn(C(c2ccccc2)(c2ccccc2)c2ccccc2)c1CC)C(=O)N1CCC(CC)CC1. The van der Waals surface area contributed by atoms with E-state index in [2.05, 4.69) is 95.9 Å². The van der Waals surface area contributed by atoms with Crippen LogP contribution in [0.15, 0.2) is 151 Å². The van der Waals surface area contributed by atoms with Crippen molar-refractivity contribution in [2.45, 2.75) is 102 Å². The highest BCUT2D eigenvalue weighted by Gasteiger charge is 2.41. The average Bonchev–Trinajstić information content (AvgIpc) is 3.77. The molecule has 2 heterocycles. The largest absolute Gasteiger partial charge is 0.341 e. The van der Waals surface area contributed by atoms with Gasteiger partial charge in [-0.25, -0.2) is 18.3 Å². The van der Waals surface area contributed by atoms with Crippen LogP contribution in [0.25, 0.3) is 11.1 Å². The lowest BCUT2D eigenvalue weighted by Crippen LogP contribution is -2.51. The molecule has 0 saturated carbocycles. The van der Waals surface area contributed by atoms with Gasteiger partial charge in [0.05, 0.1) is 17.7 Å². The lowest BCUT2D eigenvalue weighted by molar-refractivity contribution is -0.134. The van der Waals surface area contributed by atoms with Gasteiger partial charge >= 0.3 is 0 Å². The Kier molecular flexibility index (Phi) is 15.3. The van der Waals surface area contributed by atoms with Gasteiger partial charge in [-0.15, -0.1) is 0 Å². The number of carbonyl (C=O) groups excluding carboxylic acids is 3. The highest BCUT2D eigenvalue weighted by Crippen LogP contribution is 2.43. The Morgan fingerprint density at radius 3 is 1.74 bits per heavy atom. The molecule has 1 fully saturated rings. The first-order valence-corrected chi connectivity index (χ1v) is 24.6. The molecular formula is C54H61N5O5S. The van der Waals surface area contributed by atoms with Gasteiger partial charge in [0.1, 0.15) is 16.5 Å². The number of imidazole rings is 1. The van der Waals surface area contributed by atoms with Crippen LogP contribution in [0, 0.1) is 5.92 Å². The number of para-hydroxylation sites is 1. The Morgan fingerprint density at radius 2 is 1.25 bits per heavy atom. The number of rotatable bonds is 18. The van der Waals surface area contributed by atoms with Crippen molar-refractivity contribution in [3.8, 4) is 11.1 Å². The zero-order valence-electron chi connectivity index (χ0n) is 38.0. The molecule has 11 heteroatoms. The molecule has 1 aliphatic heterocycles. The number of hydrogen-bond donors (Lipinski definition) is 1. The molecule has 7 rings (SSSR count). The van der Waals surface area contributed by atoms with Gasteiger partial charge in [-0.3, -0.25) is 14.4 Å². The predicted octanol–water partition coefficient (Wildman–Crippen LogP) is 9.95. The highest BCUT2D eigenvalue weighted by atomic mass is 32.2. The van der Waals surface area contributed by atoms with E-state index >= 15 is 0 Å². The molecule has 0 radical (unpaired) electrons. The molecule has 1 aliphatic rings. The normalized spacial score (nSPS) is 13.9. The van der Waals surface area contributed by atoms with Gasteiger partial charge in [0.25, 0.3) is 0 Å². The topological polar surface area (TPSA) is 122 Å². The lowest BCUT2D eigenvalue weighted by atomic mass is 9.76. The molecule has 0 bridgehead atoms. The van der Waals surface area contributed by atoms with Crippen molar-refractivity contribution < 1.29 is 22.8 Å². The summed E-state index contributed by atoms with van der Waals surface area (Å²) in [4.78, 5) is 49.5. The van der Waals surface area contributed by atoms with Crippen LogP contribution in [0.4, 0.5) is 5.69 Å². The van der Waals surface area contributed by atoms with Crippen LogP contribution in [0.1, 0.15) is 101 Å². The van der Waals surface area contributed by atoms with E-state index in [1.165, 1.54) is 6.07 Å². The number of nitrogens with one attached hydrogen (secondary N) is 1. The summed E-state index contributed by atoms with van der Waals surface area (Å²) >= 11 is 0. The minimum atomic E-state index is -4.53. The first-order valence-electron chi connectivity index (χ1n) is 23.2. The molecule has 1 saturated heterocycles. The highest BCUT2D eigenvalue weighted by molar-refractivity contribution is 7.89. The van der Waals surface area contributed by atoms with Crippen molar-refractivity contribution in [3.05, 3.63) is 174 Å². The van der Waals surface area contributed by atoms with Gasteiger partial charge in [0.2, 0.25) is 27.7 Å². The van der Waals surface area contributed by atoms with Crippen molar-refractivity contribution in [1.29, 1.82) is 0 Å². The summed E-state index contributed by atoms with van der Waals surface area (Å²) < 4.78 is 35.0. The first-order chi connectivity index (χ1) is 31.6. The molecule has 0 aliphatic carbocycles. The van der Waals surface area contributed by atoms with E-state index in [0.29, 0.717) is 49.4 Å². The molecule has 65 heavy (non-hydrogen) atoms. The van der Waals surface area contributed by atoms with Crippen molar-refractivity contribution >= 4 is 33.4 Å². The van der Waals surface area contributed by atoms with Gasteiger partial charge in [-0.05, 0) is 72.8 Å². The molecule has 0 unspecified atom stereocenters. The van der Waals surface area contributed by atoms with Gasteiger partial charge in [-0.2, -0.15) is 4.72 Å². The lowest BCUT2D eigenvalue weighted by Gasteiger charge is -2.38. The predicted molar refractivity (Wildman–Crippen MR) is 258 cm³/mol. The van der Waals surface area contributed by atoms with Gasteiger partial charge < -0.3 is 9.47 Å². The van der Waals surface area contributed by atoms with E-state index in [-0.39, 0.29) is 35.8 Å². The first kappa shape index (κ1) is 46.8. The van der Waals surface area contributed by atoms with Crippen LogP contribution in [0.3, 0.4) is 0 Å². The van der Waals surface area contributed by atoms with E-state index in [0.717, 1.165) is 52.2 Å². The number of piperidine rings is 1. The number of anilines is 1. The van der Waals surface area contributed by atoms with Crippen LogP contribution in [0.2, 0.25) is 0 Å². The molecule has 1 atom stereocenters. The monoisotopic (exact) mass is 891 g/mol. The zero-order chi connectivity index (χ0) is 46.0. The maximum Gasteiger partial charge on any atom is 0.243 e. The summed E-state index contributed by atoms with van der Waals surface area (Å²) in [5, 5.41) is 0. The van der Waals surface area contributed by atoms with E-state index in [4.69, 9.17) is 4.98 Å². The third-order valence-corrected chi connectivity index (χ3v) is 14.4. The fourth-order valence-corrected chi connectivity index (χ4v) is 10.9. The van der Waals surface area contributed by atoms with Gasteiger partial charge in [0, 0.05) is 37.2 Å². The number of nitrogens with zero attached hydrogens (tertiary/aromatic N) is 4. The number of sulfonamides is 1. The standard InChI is InChI=1S/C54H61N5O5S/c1-5-40-35-37-57(38-36-40)53(62)47(56-65(63,64)49-34-21-31-45(41-23-13-9-14-24-41)52(49)59(50(60)7-3)51(61)8-4)33-22-32-46-48(6-2)58(39-55-46)54(42-25-15-10-16-26-42,43-27-17-11-18-28-43)44-29-19-12-20-30-44/h9-21,23-31,34,39-40,47,56H,5-8,22,32-33,35-38H2,1-4H3/t47-/m0/s1. The minimum absolute atomic E-state index is 0.0169. The number of carbonyl (C=O) groups is 3. The van der Waals surface area contributed by atoms with Crippen molar-refractivity contribution in [3.63, 3.8) is 0 Å². The molecule has 6 aromatic rings. The number of hydrogen-bond acceptors (Lipinski definition) is 6. The van der Waals surface area contributed by atoms with Crippen molar-refractivity contribution in [1.82, 2.24) is 19.2 Å². The quantitative estimate of drug-likeness (QED) is 0.0858. The summed E-state index contributed by atoms with van der Waals surface area (Å²) in [6.45, 7) is 8.65. The fourth-order valence-electron chi connectivity index (χ4n) is 9.50. The maximum atomic E-state index is 15.0. The number of likely N-dealkylation sites (tertiary alicyclic amines) is 1. The van der Waals surface area contributed by atoms with Crippen molar-refractivity contribution in [2.75, 3.05) is 18.0 Å². The fraction of sp³-hybridized carbons (Fsp3) is 0.333. The molecule has 1 N–H and O–H groups in total. The Balaban J connectivity index is 1.27. The van der Waals surface area contributed by atoms with Gasteiger partial charge in [0.15, 0.2) is 0 Å². The van der Waals surface area contributed by atoms with E-state index in [9.17, 15) is 22.8 Å². The van der Waals surface area contributed by atoms with Crippen LogP contribution in [-0.2, 0) is 42.8 Å². The second-order valence-electron chi connectivity index (χ2n) is 16.8. The molecule has 338 valence electrons. The Labute approximate surface area is 384 Å². The molecule has 5 aromatic carbocycles. The average molecular weight is 892 g/mol. The minimum Gasteiger partial charge on any atom is -0.341 e. The maximum absolute atomic E-state index is 15.0. The Bertz CT molecular complexity index is 2530. The molecule has 10 nitrogen and oxygen atoms in total. The van der Waals surface area contributed by atoms with Crippen molar-refractivity contribution in [2.24, 2.45) is 5.92 Å². The second-order valence-corrected chi connectivity index (χ2v) is 18.4. The number of aromatic nitrogens is 2. The van der Waals surface area contributed by atoms with Gasteiger partial charge in [-0.1, -0.05) is 168 Å². The van der Waals surface area contributed by atoms with Crippen LogP contribution < -0.4 is 9.62 Å². The molecule has 1 aromatic heterocycles. The Hall–Kier alpha value is -6.17. The molecule has 0 spiro atoms. The van der Waals surface area contributed by atoms with E-state index in [1.807, 2.05) is 54.9 Å². The number of amides is 3. The number of aryl methyl sites for hydroxylation is 1. The Morgan fingerprint density at radius 1 is 0.723 bits per heavy atom. The third-order valence-electron chi connectivity index (χ3n) is 12.9. The summed E-state index contributed by atoms with van der Waals surface area (Å²) in [5.74, 6) is -0.823. The zero-order valence-corrected chi connectivity index (χ0v) is 38.8. The van der Waals surface area contributed by atoms with Crippen LogP contribution >= 0.6 is 0 Å². The third kappa shape index (κ3) is 9.77. The summed E-state index contributed by atoms with van der Waals surface area (Å²) in [5.41, 5.74) is 5.45. The van der Waals surface area contributed by atoms with E-state index < -0.39 is 33.4 Å². The summed E-state index contributed by atoms with van der Waals surface area (Å²) in [6.07, 6.45) is 6.42. The van der Waals surface area contributed by atoms with Crippen LogP contribution in [-0.4, -0.2) is 59.7 Å². The number of benzene rings is 5. The summed E-state index contributed by atoms with van der Waals surface area (Å²) in [6, 6.07) is 44.1. The molecule has 3 amide bonds. The van der Waals surface area contributed by atoms with E-state index in [1.54, 1.807) is 30.9 Å². The smallest absolute Gasteiger partial charge is 0.243 e. The number of imide groups is 1. The second kappa shape index (κ2) is 21.2.